The van der Waals surface area contributed by atoms with Crippen molar-refractivity contribution >= 4 is 5.91 Å². The maximum atomic E-state index is 12.6. The number of para-hydroxylation sites is 1. The summed E-state index contributed by atoms with van der Waals surface area (Å²) in [6.45, 7) is 3.79. The van der Waals surface area contributed by atoms with E-state index in [1.54, 1.807) is 0 Å². The van der Waals surface area contributed by atoms with Crippen molar-refractivity contribution in [1.29, 1.82) is 0 Å². The molecule has 1 saturated heterocycles. The fourth-order valence-corrected chi connectivity index (χ4v) is 3.35. The number of hydrogen-bond acceptors (Lipinski definition) is 3. The van der Waals surface area contributed by atoms with Crippen molar-refractivity contribution < 1.29 is 14.6 Å². The Hall–Kier alpha value is -1.55. The van der Waals surface area contributed by atoms with Gasteiger partial charge in [-0.2, -0.15) is 0 Å². The molecule has 0 bridgehead atoms. The molecular formula is C17H23NO3. The third-order valence-electron chi connectivity index (χ3n) is 5.14. The lowest BCUT2D eigenvalue weighted by molar-refractivity contribution is -0.140. The minimum Gasteiger partial charge on any atom is -0.480 e. The van der Waals surface area contributed by atoms with Gasteiger partial charge in [0.2, 0.25) is 0 Å². The largest absolute Gasteiger partial charge is 0.480 e. The Labute approximate surface area is 125 Å². The molecule has 0 radical (unpaired) electrons. The smallest absolute Gasteiger partial charge is 0.263 e. The first kappa shape index (κ1) is 14.4. The predicted molar refractivity (Wildman–Crippen MR) is 80.2 cm³/mol. The number of piperidine rings is 1. The summed E-state index contributed by atoms with van der Waals surface area (Å²) >= 11 is 0. The van der Waals surface area contributed by atoms with Crippen LogP contribution in [0.15, 0.2) is 24.3 Å². The Bertz CT molecular complexity index is 490. The lowest BCUT2D eigenvalue weighted by Crippen LogP contribution is -2.48. The average molecular weight is 289 g/mol. The molecule has 4 heteroatoms. The molecular weight excluding hydrogens is 266 g/mol. The number of fused-ring (bicyclic) bond motifs is 1. The van der Waals surface area contributed by atoms with Gasteiger partial charge in [0.15, 0.2) is 6.10 Å². The van der Waals surface area contributed by atoms with Gasteiger partial charge in [0.1, 0.15) is 5.75 Å². The van der Waals surface area contributed by atoms with Gasteiger partial charge >= 0.3 is 0 Å². The van der Waals surface area contributed by atoms with Gasteiger partial charge in [-0.15, -0.1) is 0 Å². The summed E-state index contributed by atoms with van der Waals surface area (Å²) in [6, 6.07) is 7.86. The molecule has 1 aromatic carbocycles. The maximum Gasteiger partial charge on any atom is 0.263 e. The zero-order valence-corrected chi connectivity index (χ0v) is 12.5. The summed E-state index contributed by atoms with van der Waals surface area (Å²) in [5.41, 5.74) is 1.13. The number of aliphatic hydroxyl groups excluding tert-OH is 1. The molecule has 1 atom stereocenters. The number of rotatable bonds is 3. The molecule has 1 amide bonds. The number of aliphatic hydroxyl groups is 1. The van der Waals surface area contributed by atoms with E-state index in [2.05, 4.69) is 6.92 Å². The van der Waals surface area contributed by atoms with Crippen LogP contribution in [-0.4, -0.2) is 41.7 Å². The monoisotopic (exact) mass is 289 g/mol. The highest BCUT2D eigenvalue weighted by atomic mass is 16.5. The zero-order valence-electron chi connectivity index (χ0n) is 12.5. The van der Waals surface area contributed by atoms with Crippen molar-refractivity contribution in [2.45, 2.75) is 38.7 Å². The van der Waals surface area contributed by atoms with Crippen molar-refractivity contribution in [2.75, 3.05) is 19.7 Å². The Kier molecular flexibility index (Phi) is 3.89. The zero-order chi connectivity index (χ0) is 14.9. The second kappa shape index (κ2) is 5.68. The van der Waals surface area contributed by atoms with Gasteiger partial charge < -0.3 is 14.7 Å². The molecule has 2 aliphatic heterocycles. The van der Waals surface area contributed by atoms with E-state index in [-0.39, 0.29) is 24.0 Å². The minimum absolute atomic E-state index is 0.0102. The summed E-state index contributed by atoms with van der Waals surface area (Å²) in [5.74, 6) is 0.931. The third kappa shape index (κ3) is 2.64. The Morgan fingerprint density at radius 1 is 1.38 bits per heavy atom. The summed E-state index contributed by atoms with van der Waals surface area (Å²) in [6.07, 6.45) is 3.03. The molecule has 0 saturated carbocycles. The van der Waals surface area contributed by atoms with Crippen molar-refractivity contribution in [2.24, 2.45) is 5.41 Å². The molecule has 1 aromatic rings. The fraction of sp³-hybridized carbons (Fsp3) is 0.588. The van der Waals surface area contributed by atoms with E-state index in [0.29, 0.717) is 6.42 Å². The van der Waals surface area contributed by atoms with Crippen LogP contribution in [0.4, 0.5) is 0 Å². The van der Waals surface area contributed by atoms with Crippen LogP contribution in [0.25, 0.3) is 0 Å². The van der Waals surface area contributed by atoms with Crippen LogP contribution in [0.1, 0.15) is 31.7 Å². The van der Waals surface area contributed by atoms with Gasteiger partial charge in [-0.1, -0.05) is 25.1 Å². The van der Waals surface area contributed by atoms with E-state index < -0.39 is 0 Å². The molecule has 1 fully saturated rings. The molecule has 0 aliphatic carbocycles. The normalized spacial score (nSPS) is 23.5. The minimum atomic E-state index is -0.370. The summed E-state index contributed by atoms with van der Waals surface area (Å²) < 4.78 is 5.79. The topological polar surface area (TPSA) is 49.8 Å². The van der Waals surface area contributed by atoms with Crippen LogP contribution >= 0.6 is 0 Å². The number of carbonyl (C=O) groups excluding carboxylic acids is 1. The number of likely N-dealkylation sites (tertiary alicyclic amines) is 1. The third-order valence-corrected chi connectivity index (χ3v) is 5.14. The first-order chi connectivity index (χ1) is 10.2. The molecule has 0 spiro atoms. The number of ether oxygens (including phenoxy) is 1. The summed E-state index contributed by atoms with van der Waals surface area (Å²) in [7, 11) is 0. The van der Waals surface area contributed by atoms with E-state index in [1.807, 2.05) is 29.2 Å². The SMILES string of the molecule is CCC1(CO)CCN(C(=O)C2Cc3ccccc3O2)CC1. The van der Waals surface area contributed by atoms with E-state index >= 15 is 0 Å². The van der Waals surface area contributed by atoms with Crippen LogP contribution in [0.5, 0.6) is 5.75 Å². The number of hydrogen-bond donors (Lipinski definition) is 1. The molecule has 4 nitrogen and oxygen atoms in total. The maximum absolute atomic E-state index is 12.6. The molecule has 3 rings (SSSR count). The molecule has 0 aromatic heterocycles. The number of nitrogens with zero attached hydrogens (tertiary/aromatic N) is 1. The quantitative estimate of drug-likeness (QED) is 0.926. The number of carbonyl (C=O) groups is 1. The van der Waals surface area contributed by atoms with Gasteiger partial charge in [0.25, 0.3) is 5.91 Å². The van der Waals surface area contributed by atoms with Gasteiger partial charge in [0.05, 0.1) is 0 Å². The Morgan fingerprint density at radius 2 is 2.10 bits per heavy atom. The van der Waals surface area contributed by atoms with E-state index in [0.717, 1.165) is 43.7 Å². The van der Waals surface area contributed by atoms with E-state index in [4.69, 9.17) is 4.74 Å². The Morgan fingerprint density at radius 3 is 2.71 bits per heavy atom. The summed E-state index contributed by atoms with van der Waals surface area (Å²) in [4.78, 5) is 14.5. The predicted octanol–water partition coefficient (Wildman–Crippen LogP) is 2.00. The molecule has 2 heterocycles. The molecule has 1 N–H and O–H groups in total. The standard InChI is InChI=1S/C17H23NO3/c1-2-17(12-19)7-9-18(10-8-17)16(20)15-11-13-5-3-4-6-14(13)21-15/h3-6,15,19H,2,7-12H2,1H3. The molecule has 114 valence electrons. The first-order valence-corrected chi connectivity index (χ1v) is 7.82. The van der Waals surface area contributed by atoms with Gasteiger partial charge in [-0.25, -0.2) is 0 Å². The van der Waals surface area contributed by atoms with Crippen LogP contribution < -0.4 is 4.74 Å². The second-order valence-electron chi connectivity index (χ2n) is 6.26. The molecule has 1 unspecified atom stereocenters. The van der Waals surface area contributed by atoms with Crippen LogP contribution in [0.3, 0.4) is 0 Å². The van der Waals surface area contributed by atoms with Crippen molar-refractivity contribution in [3.05, 3.63) is 29.8 Å². The van der Waals surface area contributed by atoms with Gasteiger partial charge in [0, 0.05) is 26.1 Å². The lowest BCUT2D eigenvalue weighted by atomic mass is 9.77. The van der Waals surface area contributed by atoms with E-state index in [1.165, 1.54) is 0 Å². The molecule has 2 aliphatic rings. The highest BCUT2D eigenvalue weighted by Crippen LogP contribution is 2.35. The highest BCUT2D eigenvalue weighted by molar-refractivity contribution is 5.82. The Balaban J connectivity index is 1.61. The number of amides is 1. The van der Waals surface area contributed by atoms with Crippen molar-refractivity contribution in [3.63, 3.8) is 0 Å². The average Bonchev–Trinajstić information content (AvgIpc) is 2.98. The first-order valence-electron chi connectivity index (χ1n) is 7.82. The van der Waals surface area contributed by atoms with Gasteiger partial charge in [-0.3, -0.25) is 4.79 Å². The summed E-state index contributed by atoms with van der Waals surface area (Å²) in [5, 5.41) is 9.57. The lowest BCUT2D eigenvalue weighted by Gasteiger charge is -2.40. The van der Waals surface area contributed by atoms with Crippen molar-refractivity contribution in [1.82, 2.24) is 4.90 Å². The van der Waals surface area contributed by atoms with Crippen LogP contribution in [0, 0.1) is 5.41 Å². The van der Waals surface area contributed by atoms with E-state index in [9.17, 15) is 9.90 Å². The van der Waals surface area contributed by atoms with Crippen LogP contribution in [0.2, 0.25) is 0 Å². The van der Waals surface area contributed by atoms with Gasteiger partial charge in [-0.05, 0) is 36.3 Å². The van der Waals surface area contributed by atoms with Crippen molar-refractivity contribution in [3.8, 4) is 5.75 Å². The second-order valence-corrected chi connectivity index (χ2v) is 6.26. The number of benzene rings is 1. The van der Waals surface area contributed by atoms with Crippen LogP contribution in [-0.2, 0) is 11.2 Å². The highest BCUT2D eigenvalue weighted by Gasteiger charge is 2.38. The fourth-order valence-electron chi connectivity index (χ4n) is 3.35. The molecule has 21 heavy (non-hydrogen) atoms.